The molecule has 1 aromatic rings. The molecule has 0 spiro atoms. The Balaban J connectivity index is 0.00000364. The van der Waals surface area contributed by atoms with Crippen LogP contribution >= 0.6 is 24.0 Å². The highest BCUT2D eigenvalue weighted by Gasteiger charge is 2.22. The third-order valence-corrected chi connectivity index (χ3v) is 4.53. The van der Waals surface area contributed by atoms with E-state index in [1.165, 1.54) is 0 Å². The Morgan fingerprint density at radius 2 is 2.11 bits per heavy atom. The summed E-state index contributed by atoms with van der Waals surface area (Å²) in [5, 5.41) is 7.71. The van der Waals surface area contributed by atoms with Crippen molar-refractivity contribution in [1.82, 2.24) is 20.0 Å². The zero-order valence-electron chi connectivity index (χ0n) is 17.0. The van der Waals surface area contributed by atoms with Gasteiger partial charge in [0.15, 0.2) is 5.96 Å². The van der Waals surface area contributed by atoms with Gasteiger partial charge in [0.05, 0.1) is 6.10 Å². The second kappa shape index (κ2) is 14.2. The highest BCUT2D eigenvalue weighted by atomic mass is 127. The van der Waals surface area contributed by atoms with Crippen molar-refractivity contribution in [3.8, 4) is 0 Å². The molecule has 1 saturated heterocycles. The van der Waals surface area contributed by atoms with Gasteiger partial charge in [0.2, 0.25) is 0 Å². The van der Waals surface area contributed by atoms with E-state index in [-0.39, 0.29) is 24.0 Å². The molecule has 156 valence electrons. The molecule has 2 heterocycles. The summed E-state index contributed by atoms with van der Waals surface area (Å²) in [7, 11) is 1.73. The van der Waals surface area contributed by atoms with Crippen molar-refractivity contribution in [3.63, 3.8) is 0 Å². The summed E-state index contributed by atoms with van der Waals surface area (Å²) in [6, 6.07) is 1.96. The summed E-state index contributed by atoms with van der Waals surface area (Å²) >= 11 is 0. The molecular formula is C19H36IN5O2. The Morgan fingerprint density at radius 1 is 1.33 bits per heavy atom. The first-order chi connectivity index (χ1) is 12.7. The third kappa shape index (κ3) is 9.25. The van der Waals surface area contributed by atoms with Crippen LogP contribution < -0.4 is 5.32 Å². The summed E-state index contributed by atoms with van der Waals surface area (Å²) in [4.78, 5) is 7.22. The van der Waals surface area contributed by atoms with Crippen molar-refractivity contribution >= 4 is 29.9 Å². The van der Waals surface area contributed by atoms with E-state index in [1.807, 2.05) is 23.1 Å². The summed E-state index contributed by atoms with van der Waals surface area (Å²) < 4.78 is 13.0. The van der Waals surface area contributed by atoms with E-state index < -0.39 is 0 Å². The van der Waals surface area contributed by atoms with E-state index in [1.54, 1.807) is 7.11 Å². The van der Waals surface area contributed by atoms with Crippen molar-refractivity contribution in [3.05, 3.63) is 18.5 Å². The maximum atomic E-state index is 5.95. The summed E-state index contributed by atoms with van der Waals surface area (Å²) in [6.45, 7) is 10.5. The average Bonchev–Trinajstić information content (AvgIpc) is 3.16. The molecule has 1 unspecified atom stereocenters. The first kappa shape index (κ1) is 24.2. The topological polar surface area (TPSA) is 63.9 Å². The number of hydrogen-bond acceptors (Lipinski definition) is 4. The second-order valence-electron chi connectivity index (χ2n) is 6.93. The van der Waals surface area contributed by atoms with Crippen LogP contribution in [0.5, 0.6) is 0 Å². The van der Waals surface area contributed by atoms with Crippen molar-refractivity contribution in [1.29, 1.82) is 0 Å². The molecule has 1 aromatic heterocycles. The molecule has 27 heavy (non-hydrogen) atoms. The number of hydrogen-bond donors (Lipinski definition) is 1. The van der Waals surface area contributed by atoms with Crippen molar-refractivity contribution in [2.45, 2.75) is 45.8 Å². The minimum atomic E-state index is 0. The lowest BCUT2D eigenvalue weighted by atomic mass is 10.1. The molecule has 1 fully saturated rings. The van der Waals surface area contributed by atoms with Gasteiger partial charge in [0.25, 0.3) is 0 Å². The van der Waals surface area contributed by atoms with Crippen LogP contribution in [0.3, 0.4) is 0 Å². The Bertz CT molecular complexity index is 504. The predicted octanol–water partition coefficient (Wildman–Crippen LogP) is 2.62. The number of guanidine groups is 1. The maximum Gasteiger partial charge on any atom is 0.193 e. The number of aromatic nitrogens is 2. The number of halogens is 1. The van der Waals surface area contributed by atoms with Gasteiger partial charge in [-0.3, -0.25) is 9.67 Å². The number of likely N-dealkylation sites (tertiary alicyclic amines) is 1. The average molecular weight is 493 g/mol. The molecule has 1 atom stereocenters. The lowest BCUT2D eigenvalue weighted by Crippen LogP contribution is -2.47. The van der Waals surface area contributed by atoms with E-state index in [4.69, 9.17) is 14.5 Å². The molecule has 0 radical (unpaired) electrons. The minimum Gasteiger partial charge on any atom is -0.385 e. The fourth-order valence-corrected chi connectivity index (χ4v) is 3.14. The monoisotopic (exact) mass is 493 g/mol. The number of ether oxygens (including phenoxy) is 2. The SMILES string of the molecule is CCNC(=NCC(C)Cn1cccn1)N1CCC(OCCCOC)CC1.I. The van der Waals surface area contributed by atoms with Crippen LogP contribution in [-0.2, 0) is 16.0 Å². The van der Waals surface area contributed by atoms with E-state index >= 15 is 0 Å². The van der Waals surface area contributed by atoms with Crippen LogP contribution in [0.15, 0.2) is 23.5 Å². The Kier molecular flexibility index (Phi) is 12.7. The standard InChI is InChI=1S/C19H35N5O2.HI/c1-4-20-19(21-15-17(2)16-24-10-5-9-22-24)23-11-7-18(8-12-23)26-14-6-13-25-3;/h5,9-10,17-18H,4,6-8,11-16H2,1-3H3,(H,20,21);1H. The Labute approximate surface area is 180 Å². The molecule has 0 saturated carbocycles. The number of nitrogens with one attached hydrogen (secondary N) is 1. The van der Waals surface area contributed by atoms with Crippen LogP contribution in [-0.4, -0.2) is 73.2 Å². The number of aliphatic imine (C=N–C) groups is 1. The van der Waals surface area contributed by atoms with Crippen molar-refractivity contribution in [2.75, 3.05) is 46.5 Å². The van der Waals surface area contributed by atoms with Gasteiger partial charge in [-0.25, -0.2) is 0 Å². The van der Waals surface area contributed by atoms with Crippen LogP contribution in [0.4, 0.5) is 0 Å². The molecule has 0 bridgehead atoms. The first-order valence-corrected chi connectivity index (χ1v) is 9.84. The van der Waals surface area contributed by atoms with Gasteiger partial charge in [-0.2, -0.15) is 5.10 Å². The smallest absolute Gasteiger partial charge is 0.193 e. The number of piperidine rings is 1. The van der Waals surface area contributed by atoms with E-state index in [9.17, 15) is 0 Å². The quantitative estimate of drug-likeness (QED) is 0.235. The number of methoxy groups -OCH3 is 1. The molecule has 1 aliphatic heterocycles. The fourth-order valence-electron chi connectivity index (χ4n) is 3.14. The molecule has 8 heteroatoms. The van der Waals surface area contributed by atoms with Gasteiger partial charge in [0, 0.05) is 65.4 Å². The molecule has 0 aromatic carbocycles. The van der Waals surface area contributed by atoms with Gasteiger partial charge in [-0.1, -0.05) is 6.92 Å². The van der Waals surface area contributed by atoms with Crippen LogP contribution in [0, 0.1) is 5.92 Å². The molecule has 0 aliphatic carbocycles. The fraction of sp³-hybridized carbons (Fsp3) is 0.789. The van der Waals surface area contributed by atoms with E-state index in [0.717, 1.165) is 71.2 Å². The van der Waals surface area contributed by atoms with Gasteiger partial charge < -0.3 is 19.7 Å². The Morgan fingerprint density at radius 3 is 2.74 bits per heavy atom. The van der Waals surface area contributed by atoms with E-state index in [2.05, 4.69) is 29.2 Å². The predicted molar refractivity (Wildman–Crippen MR) is 120 cm³/mol. The summed E-state index contributed by atoms with van der Waals surface area (Å²) in [5.41, 5.74) is 0. The van der Waals surface area contributed by atoms with Crippen LogP contribution in [0.25, 0.3) is 0 Å². The number of rotatable bonds is 10. The zero-order valence-corrected chi connectivity index (χ0v) is 19.3. The highest BCUT2D eigenvalue weighted by molar-refractivity contribution is 14.0. The van der Waals surface area contributed by atoms with Crippen molar-refractivity contribution in [2.24, 2.45) is 10.9 Å². The lowest BCUT2D eigenvalue weighted by Gasteiger charge is -2.34. The van der Waals surface area contributed by atoms with Gasteiger partial charge in [0.1, 0.15) is 0 Å². The molecule has 1 aliphatic rings. The largest absolute Gasteiger partial charge is 0.385 e. The molecular weight excluding hydrogens is 457 g/mol. The molecule has 7 nitrogen and oxygen atoms in total. The normalized spacial score (nSPS) is 16.9. The number of nitrogens with zero attached hydrogens (tertiary/aromatic N) is 4. The van der Waals surface area contributed by atoms with Gasteiger partial charge in [-0.05, 0) is 38.2 Å². The molecule has 1 N–H and O–H groups in total. The summed E-state index contributed by atoms with van der Waals surface area (Å²) in [5.74, 6) is 1.47. The second-order valence-corrected chi connectivity index (χ2v) is 6.93. The molecule has 2 rings (SSSR count). The van der Waals surface area contributed by atoms with Gasteiger partial charge >= 0.3 is 0 Å². The molecule has 0 amide bonds. The van der Waals surface area contributed by atoms with Crippen LogP contribution in [0.1, 0.15) is 33.1 Å². The van der Waals surface area contributed by atoms with Crippen LogP contribution in [0.2, 0.25) is 0 Å². The van der Waals surface area contributed by atoms with E-state index in [0.29, 0.717) is 12.0 Å². The Hall–Kier alpha value is -0.870. The van der Waals surface area contributed by atoms with Gasteiger partial charge in [-0.15, -0.1) is 24.0 Å². The first-order valence-electron chi connectivity index (χ1n) is 9.84. The highest BCUT2D eigenvalue weighted by Crippen LogP contribution is 2.14. The summed E-state index contributed by atoms with van der Waals surface area (Å²) in [6.07, 6.45) is 7.27. The zero-order chi connectivity index (χ0) is 18.6. The van der Waals surface area contributed by atoms with Crippen molar-refractivity contribution < 1.29 is 9.47 Å². The maximum absolute atomic E-state index is 5.95. The third-order valence-electron chi connectivity index (χ3n) is 4.53. The minimum absolute atomic E-state index is 0. The lowest BCUT2D eigenvalue weighted by molar-refractivity contribution is 0.00989.